The van der Waals surface area contributed by atoms with E-state index in [1.165, 1.54) is 61.7 Å². The van der Waals surface area contributed by atoms with Crippen LogP contribution in [0.15, 0.2) is 42.1 Å². The molecular weight excluding hydrogens is 394 g/mol. The van der Waals surface area contributed by atoms with E-state index >= 15 is 0 Å². The van der Waals surface area contributed by atoms with Crippen LogP contribution in [0.5, 0.6) is 0 Å². The SMILES string of the molecule is Cn1cc(CCCC(=O)N2CCCC3=C[C@H]4C[C@H](CN5CCCC[C@@H]45)[C@@H]32)c2ccccc21. The topological polar surface area (TPSA) is 28.5 Å². The molecule has 0 N–H and O–H groups in total. The zero-order valence-corrected chi connectivity index (χ0v) is 19.5. The predicted octanol–water partition coefficient (Wildman–Crippen LogP) is 4.92. The number of aryl methyl sites for hydroxylation is 2. The van der Waals surface area contributed by atoms with Crippen LogP contribution in [0.1, 0.15) is 56.9 Å². The summed E-state index contributed by atoms with van der Waals surface area (Å²) in [5.41, 5.74) is 4.26. The highest BCUT2D eigenvalue weighted by Gasteiger charge is 2.46. The molecule has 3 fully saturated rings. The van der Waals surface area contributed by atoms with Crippen LogP contribution in [-0.2, 0) is 18.3 Å². The number of benzene rings is 1. The van der Waals surface area contributed by atoms with Crippen LogP contribution >= 0.6 is 0 Å². The van der Waals surface area contributed by atoms with Gasteiger partial charge in [0, 0.05) is 49.7 Å². The number of carbonyl (C=O) groups is 1. The van der Waals surface area contributed by atoms with E-state index in [1.807, 2.05) is 0 Å². The molecule has 0 saturated carbocycles. The molecular formula is C28H37N3O. The number of hydrogen-bond donors (Lipinski definition) is 0. The highest BCUT2D eigenvalue weighted by molar-refractivity contribution is 5.84. The third kappa shape index (κ3) is 3.51. The molecule has 4 nitrogen and oxygen atoms in total. The van der Waals surface area contributed by atoms with Gasteiger partial charge in [0.15, 0.2) is 0 Å². The van der Waals surface area contributed by atoms with Crippen molar-refractivity contribution in [3.05, 3.63) is 47.7 Å². The van der Waals surface area contributed by atoms with E-state index in [0.717, 1.165) is 37.8 Å². The molecule has 1 aromatic heterocycles. The summed E-state index contributed by atoms with van der Waals surface area (Å²) in [7, 11) is 2.12. The molecule has 3 aliphatic heterocycles. The van der Waals surface area contributed by atoms with Crippen LogP contribution in [0.2, 0.25) is 0 Å². The van der Waals surface area contributed by atoms with Gasteiger partial charge < -0.3 is 9.47 Å². The Morgan fingerprint density at radius 1 is 1.12 bits per heavy atom. The summed E-state index contributed by atoms with van der Waals surface area (Å²) in [5.74, 6) is 1.78. The Hall–Kier alpha value is -2.07. The molecule has 4 heterocycles. The van der Waals surface area contributed by atoms with Crippen molar-refractivity contribution in [2.24, 2.45) is 18.9 Å². The lowest BCUT2D eigenvalue weighted by Gasteiger charge is -2.54. The lowest BCUT2D eigenvalue weighted by Crippen LogP contribution is -2.60. The first-order valence-corrected chi connectivity index (χ1v) is 13.0. The molecule has 4 atom stereocenters. The molecule has 1 aromatic carbocycles. The number of hydrogen-bond acceptors (Lipinski definition) is 2. The van der Waals surface area contributed by atoms with Crippen LogP contribution in [-0.4, -0.2) is 52.0 Å². The first-order chi connectivity index (χ1) is 15.7. The number of carbonyl (C=O) groups excluding carboxylic acids is 1. The molecule has 2 aromatic rings. The summed E-state index contributed by atoms with van der Waals surface area (Å²) in [6, 6.07) is 9.77. The van der Waals surface area contributed by atoms with Gasteiger partial charge in [-0.1, -0.05) is 36.3 Å². The minimum absolute atomic E-state index is 0.382. The van der Waals surface area contributed by atoms with Crippen molar-refractivity contribution in [3.8, 4) is 0 Å². The van der Waals surface area contributed by atoms with Gasteiger partial charge in [-0.15, -0.1) is 0 Å². The lowest BCUT2D eigenvalue weighted by molar-refractivity contribution is -0.136. The Balaban J connectivity index is 1.14. The summed E-state index contributed by atoms with van der Waals surface area (Å²) < 4.78 is 2.21. The highest BCUT2D eigenvalue weighted by atomic mass is 16.2. The third-order valence-electron chi connectivity index (χ3n) is 8.79. The number of aromatic nitrogens is 1. The van der Waals surface area contributed by atoms with Gasteiger partial charge in [-0.25, -0.2) is 0 Å². The maximum atomic E-state index is 13.4. The summed E-state index contributed by atoms with van der Waals surface area (Å²) in [6.45, 7) is 3.44. The van der Waals surface area contributed by atoms with Crippen molar-refractivity contribution in [3.63, 3.8) is 0 Å². The minimum Gasteiger partial charge on any atom is -0.350 e. The van der Waals surface area contributed by atoms with Crippen molar-refractivity contribution in [2.75, 3.05) is 19.6 Å². The van der Waals surface area contributed by atoms with Crippen molar-refractivity contribution >= 4 is 16.8 Å². The van der Waals surface area contributed by atoms with Crippen molar-refractivity contribution in [2.45, 2.75) is 69.9 Å². The van der Waals surface area contributed by atoms with Gasteiger partial charge >= 0.3 is 0 Å². The highest BCUT2D eigenvalue weighted by Crippen LogP contribution is 2.45. The number of fused-ring (bicyclic) bond motifs is 7. The molecule has 32 heavy (non-hydrogen) atoms. The maximum absolute atomic E-state index is 13.4. The van der Waals surface area contributed by atoms with Gasteiger partial charge in [0.2, 0.25) is 5.91 Å². The van der Waals surface area contributed by atoms with Crippen LogP contribution in [0.3, 0.4) is 0 Å². The third-order valence-corrected chi connectivity index (χ3v) is 8.79. The van der Waals surface area contributed by atoms with Crippen molar-refractivity contribution in [1.29, 1.82) is 0 Å². The fraction of sp³-hybridized carbons (Fsp3) is 0.607. The fourth-order valence-corrected chi connectivity index (χ4v) is 7.45. The van der Waals surface area contributed by atoms with Gasteiger partial charge in [0.05, 0.1) is 6.04 Å². The number of likely N-dealkylation sites (tertiary alicyclic amines) is 1. The van der Waals surface area contributed by atoms with Gasteiger partial charge in [0.25, 0.3) is 0 Å². The molecule has 4 heteroatoms. The quantitative estimate of drug-likeness (QED) is 0.643. The molecule has 170 valence electrons. The lowest BCUT2D eigenvalue weighted by atomic mass is 9.68. The average Bonchev–Trinajstić information content (AvgIpc) is 3.14. The molecule has 0 unspecified atom stereocenters. The van der Waals surface area contributed by atoms with E-state index in [0.29, 0.717) is 24.3 Å². The van der Waals surface area contributed by atoms with Crippen LogP contribution < -0.4 is 0 Å². The molecule has 4 aliphatic rings. The summed E-state index contributed by atoms with van der Waals surface area (Å²) >= 11 is 0. The van der Waals surface area contributed by atoms with Gasteiger partial charge in [-0.2, -0.15) is 0 Å². The second-order valence-corrected chi connectivity index (χ2v) is 10.7. The van der Waals surface area contributed by atoms with E-state index in [2.05, 4.69) is 58.0 Å². The van der Waals surface area contributed by atoms with E-state index in [-0.39, 0.29) is 0 Å². The van der Waals surface area contributed by atoms with Crippen molar-refractivity contribution < 1.29 is 4.79 Å². The zero-order chi connectivity index (χ0) is 21.7. The van der Waals surface area contributed by atoms with Gasteiger partial charge in [-0.05, 0) is 75.0 Å². The number of rotatable bonds is 4. The van der Waals surface area contributed by atoms with E-state index < -0.39 is 0 Å². The number of piperidine rings is 3. The molecule has 1 amide bonds. The standard InChI is InChI=1S/C28H37N3O/c1-29-18-21(24-10-2-3-12-26(24)29)8-6-13-27(32)31-15-7-9-20-16-22-17-23(28(20)31)19-30-14-5-4-11-25(22)30/h2-3,10,12,16,18,22-23,25,28H,4-9,11,13-15,17,19H2,1H3/t22-,23+,25-,28+/m0/s1. The van der Waals surface area contributed by atoms with E-state index in [4.69, 9.17) is 0 Å². The van der Waals surface area contributed by atoms with Crippen LogP contribution in [0.25, 0.3) is 10.9 Å². The Morgan fingerprint density at radius 3 is 2.97 bits per heavy atom. The smallest absolute Gasteiger partial charge is 0.223 e. The average molecular weight is 432 g/mol. The molecule has 3 saturated heterocycles. The van der Waals surface area contributed by atoms with Gasteiger partial charge in [-0.3, -0.25) is 9.69 Å². The van der Waals surface area contributed by atoms with Crippen LogP contribution in [0, 0.1) is 11.8 Å². The molecule has 1 aliphatic carbocycles. The first-order valence-electron chi connectivity index (χ1n) is 13.0. The number of amides is 1. The van der Waals surface area contributed by atoms with Crippen molar-refractivity contribution in [1.82, 2.24) is 14.4 Å². The number of nitrogens with zero attached hydrogens (tertiary/aromatic N) is 3. The van der Waals surface area contributed by atoms with E-state index in [1.54, 1.807) is 5.57 Å². The van der Waals surface area contributed by atoms with E-state index in [9.17, 15) is 4.79 Å². The van der Waals surface area contributed by atoms with Crippen LogP contribution in [0.4, 0.5) is 0 Å². The Bertz CT molecular complexity index is 1040. The second-order valence-electron chi connectivity index (χ2n) is 10.7. The molecule has 6 rings (SSSR count). The summed E-state index contributed by atoms with van der Waals surface area (Å²) in [6.07, 6.45) is 15.3. The Kier molecular flexibility index (Phi) is 5.37. The predicted molar refractivity (Wildman–Crippen MR) is 129 cm³/mol. The Labute approximate surface area is 192 Å². The molecule has 0 radical (unpaired) electrons. The number of para-hydroxylation sites is 1. The maximum Gasteiger partial charge on any atom is 0.223 e. The summed E-state index contributed by atoms with van der Waals surface area (Å²) in [5, 5.41) is 1.34. The zero-order valence-electron chi connectivity index (χ0n) is 19.5. The summed E-state index contributed by atoms with van der Waals surface area (Å²) in [4.78, 5) is 18.5. The largest absolute Gasteiger partial charge is 0.350 e. The van der Waals surface area contributed by atoms with Gasteiger partial charge in [0.1, 0.15) is 0 Å². The Morgan fingerprint density at radius 2 is 2.03 bits per heavy atom. The minimum atomic E-state index is 0.382. The fourth-order valence-electron chi connectivity index (χ4n) is 7.45. The monoisotopic (exact) mass is 431 g/mol. The second kappa shape index (κ2) is 8.37. The normalized spacial score (nSPS) is 30.0. The molecule has 0 spiro atoms. The molecule has 2 bridgehead atoms. The first kappa shape index (κ1) is 20.5.